The van der Waals surface area contributed by atoms with Gasteiger partial charge in [0.15, 0.2) is 9.84 Å². The highest BCUT2D eigenvalue weighted by molar-refractivity contribution is 7.92. The molecule has 1 heterocycles. The average molecular weight is 519 g/mol. The Morgan fingerprint density at radius 3 is 1.88 bits per heavy atom. The van der Waals surface area contributed by atoms with Crippen molar-refractivity contribution in [3.63, 3.8) is 0 Å². The SMILES string of the molecule is COc1ccc(S(=O)(=O)NCCN([C@@H]2CCS(=O)(=O)C2)S(=O)(=O)c2ccc(OC)cc2)cc1. The van der Waals surface area contributed by atoms with Crippen LogP contribution in [0.25, 0.3) is 0 Å². The first-order valence-electron chi connectivity index (χ1n) is 9.98. The monoisotopic (exact) mass is 518 g/mol. The average Bonchev–Trinajstić information content (AvgIpc) is 3.15. The molecule has 33 heavy (non-hydrogen) atoms. The quantitative estimate of drug-likeness (QED) is 0.489. The molecule has 0 amide bonds. The number of hydrogen-bond acceptors (Lipinski definition) is 8. The molecule has 0 spiro atoms. The summed E-state index contributed by atoms with van der Waals surface area (Å²) >= 11 is 0. The van der Waals surface area contributed by atoms with Crippen LogP contribution in [0, 0.1) is 0 Å². The van der Waals surface area contributed by atoms with Crippen LogP contribution in [0.4, 0.5) is 0 Å². The minimum atomic E-state index is -4.09. The van der Waals surface area contributed by atoms with E-state index in [1.54, 1.807) is 0 Å². The van der Waals surface area contributed by atoms with Crippen LogP contribution in [0.5, 0.6) is 11.5 Å². The summed E-state index contributed by atoms with van der Waals surface area (Å²) in [5.74, 6) is 0.529. The maximum Gasteiger partial charge on any atom is 0.243 e. The van der Waals surface area contributed by atoms with Crippen LogP contribution in [-0.4, -0.2) is 74.4 Å². The maximum atomic E-state index is 13.3. The van der Waals surface area contributed by atoms with E-state index >= 15 is 0 Å². The number of ether oxygens (including phenoxy) is 2. The summed E-state index contributed by atoms with van der Waals surface area (Å²) in [6.45, 7) is -0.468. The van der Waals surface area contributed by atoms with Crippen LogP contribution in [0.1, 0.15) is 6.42 Å². The zero-order chi connectivity index (χ0) is 24.3. The Kier molecular flexibility index (Phi) is 7.69. The Balaban J connectivity index is 1.81. The number of hydrogen-bond donors (Lipinski definition) is 1. The van der Waals surface area contributed by atoms with Crippen LogP contribution in [0.15, 0.2) is 58.3 Å². The fourth-order valence-electron chi connectivity index (χ4n) is 3.51. The highest BCUT2D eigenvalue weighted by atomic mass is 32.2. The van der Waals surface area contributed by atoms with Crippen molar-refractivity contribution in [1.29, 1.82) is 0 Å². The van der Waals surface area contributed by atoms with Crippen molar-refractivity contribution in [3.05, 3.63) is 48.5 Å². The largest absolute Gasteiger partial charge is 0.497 e. The van der Waals surface area contributed by atoms with E-state index in [2.05, 4.69) is 4.72 Å². The lowest BCUT2D eigenvalue weighted by atomic mass is 10.2. The van der Waals surface area contributed by atoms with E-state index in [1.165, 1.54) is 62.8 Å². The summed E-state index contributed by atoms with van der Waals surface area (Å²) in [7, 11) is -8.46. The Morgan fingerprint density at radius 1 is 0.909 bits per heavy atom. The molecule has 1 atom stereocenters. The number of rotatable bonds is 10. The predicted octanol–water partition coefficient (Wildman–Crippen LogP) is 0.860. The van der Waals surface area contributed by atoms with Crippen molar-refractivity contribution < 1.29 is 34.7 Å². The summed E-state index contributed by atoms with van der Waals surface area (Å²) < 4.78 is 89.4. The molecule has 10 nitrogen and oxygen atoms in total. The first kappa shape index (κ1) is 25.4. The fraction of sp³-hybridized carbons (Fsp3) is 0.400. The second-order valence-corrected chi connectivity index (χ2v) is 13.3. The summed E-state index contributed by atoms with van der Waals surface area (Å²) in [4.78, 5) is -0.0399. The molecule has 1 aliphatic heterocycles. The number of nitrogens with one attached hydrogen (secondary N) is 1. The van der Waals surface area contributed by atoms with Crippen LogP contribution in [-0.2, 0) is 29.9 Å². The molecule has 0 unspecified atom stereocenters. The molecular formula is C20H26N2O8S3. The molecule has 0 radical (unpaired) electrons. The normalized spacial score (nSPS) is 18.3. The van der Waals surface area contributed by atoms with Gasteiger partial charge in [0.2, 0.25) is 20.0 Å². The van der Waals surface area contributed by atoms with Gasteiger partial charge in [0.05, 0.1) is 35.5 Å². The minimum Gasteiger partial charge on any atom is -0.497 e. The van der Waals surface area contributed by atoms with E-state index in [0.717, 1.165) is 4.31 Å². The Labute approximate surface area is 194 Å². The first-order valence-corrected chi connectivity index (χ1v) is 14.7. The zero-order valence-corrected chi connectivity index (χ0v) is 20.6. The molecule has 2 aromatic carbocycles. The van der Waals surface area contributed by atoms with Gasteiger partial charge in [0, 0.05) is 19.1 Å². The molecule has 0 saturated carbocycles. The molecule has 1 fully saturated rings. The molecule has 0 bridgehead atoms. The molecule has 1 aliphatic rings. The van der Waals surface area contributed by atoms with E-state index in [1.807, 2.05) is 0 Å². The van der Waals surface area contributed by atoms with Gasteiger partial charge >= 0.3 is 0 Å². The van der Waals surface area contributed by atoms with Crippen molar-refractivity contribution in [2.24, 2.45) is 0 Å². The van der Waals surface area contributed by atoms with Gasteiger partial charge in [0.1, 0.15) is 11.5 Å². The fourth-order valence-corrected chi connectivity index (χ4v) is 8.01. The maximum absolute atomic E-state index is 13.3. The second-order valence-electron chi connectivity index (χ2n) is 7.42. The van der Waals surface area contributed by atoms with Crippen molar-refractivity contribution in [3.8, 4) is 11.5 Å². The van der Waals surface area contributed by atoms with Gasteiger partial charge in [-0.15, -0.1) is 0 Å². The van der Waals surface area contributed by atoms with E-state index < -0.39 is 35.9 Å². The minimum absolute atomic E-state index is 0.00342. The van der Waals surface area contributed by atoms with E-state index in [0.29, 0.717) is 11.5 Å². The highest BCUT2D eigenvalue weighted by Gasteiger charge is 2.38. The van der Waals surface area contributed by atoms with E-state index in [-0.39, 0.29) is 40.8 Å². The molecule has 0 aliphatic carbocycles. The second kappa shape index (κ2) is 9.97. The smallest absolute Gasteiger partial charge is 0.243 e. The number of methoxy groups -OCH3 is 2. The van der Waals surface area contributed by atoms with Gasteiger partial charge in [-0.2, -0.15) is 4.31 Å². The Hall–Kier alpha value is -2.19. The topological polar surface area (TPSA) is 136 Å². The molecule has 0 aromatic heterocycles. The number of benzene rings is 2. The lowest BCUT2D eigenvalue weighted by molar-refractivity contribution is 0.343. The number of sulfonamides is 2. The molecule has 3 rings (SSSR count). The molecular weight excluding hydrogens is 492 g/mol. The third-order valence-electron chi connectivity index (χ3n) is 5.28. The van der Waals surface area contributed by atoms with Crippen LogP contribution >= 0.6 is 0 Å². The van der Waals surface area contributed by atoms with Gasteiger partial charge in [0.25, 0.3) is 0 Å². The lowest BCUT2D eigenvalue weighted by Crippen LogP contribution is -2.45. The summed E-state index contributed by atoms with van der Waals surface area (Å²) in [6.07, 6.45) is 0.142. The van der Waals surface area contributed by atoms with Crippen LogP contribution in [0.2, 0.25) is 0 Å². The first-order chi connectivity index (χ1) is 15.5. The van der Waals surface area contributed by atoms with Gasteiger partial charge in [-0.25, -0.2) is 30.0 Å². The third-order valence-corrected chi connectivity index (χ3v) is 10.5. The van der Waals surface area contributed by atoms with Gasteiger partial charge in [-0.1, -0.05) is 0 Å². The number of nitrogens with zero attached hydrogens (tertiary/aromatic N) is 1. The Morgan fingerprint density at radius 2 is 1.42 bits per heavy atom. The van der Waals surface area contributed by atoms with Crippen molar-refractivity contribution >= 4 is 29.9 Å². The van der Waals surface area contributed by atoms with E-state index in [9.17, 15) is 25.3 Å². The van der Waals surface area contributed by atoms with Crippen molar-refractivity contribution in [2.75, 3.05) is 38.8 Å². The molecule has 1 saturated heterocycles. The molecule has 182 valence electrons. The van der Waals surface area contributed by atoms with Crippen LogP contribution in [0.3, 0.4) is 0 Å². The van der Waals surface area contributed by atoms with Gasteiger partial charge in [-0.05, 0) is 55.0 Å². The summed E-state index contributed by atoms with van der Waals surface area (Å²) in [6, 6.07) is 10.7. The van der Waals surface area contributed by atoms with Crippen molar-refractivity contribution in [2.45, 2.75) is 22.3 Å². The number of sulfone groups is 1. The van der Waals surface area contributed by atoms with E-state index in [4.69, 9.17) is 9.47 Å². The molecule has 13 heteroatoms. The Bertz CT molecular complexity index is 1270. The lowest BCUT2D eigenvalue weighted by Gasteiger charge is -2.27. The van der Waals surface area contributed by atoms with Crippen LogP contribution < -0.4 is 14.2 Å². The molecule has 1 N–H and O–H groups in total. The third kappa shape index (κ3) is 6.03. The summed E-state index contributed by atoms with van der Waals surface area (Å²) in [5.41, 5.74) is 0. The van der Waals surface area contributed by atoms with Gasteiger partial charge in [-0.3, -0.25) is 0 Å². The standard InChI is InChI=1S/C20H26N2O8S3/c1-29-17-3-7-19(8-4-17)32(25,26)21-12-13-22(16-11-14-31(23,24)15-16)33(27,28)20-9-5-18(30-2)6-10-20/h3-10,16,21H,11-15H2,1-2H3/t16-/m1/s1. The van der Waals surface area contributed by atoms with Gasteiger partial charge < -0.3 is 9.47 Å². The predicted molar refractivity (Wildman–Crippen MR) is 122 cm³/mol. The van der Waals surface area contributed by atoms with Crippen molar-refractivity contribution in [1.82, 2.24) is 9.03 Å². The summed E-state index contributed by atoms with van der Waals surface area (Å²) in [5, 5.41) is 0. The highest BCUT2D eigenvalue weighted by Crippen LogP contribution is 2.26. The molecule has 2 aromatic rings. The zero-order valence-electron chi connectivity index (χ0n) is 18.2.